The first-order valence-corrected chi connectivity index (χ1v) is 8.47. The van der Waals surface area contributed by atoms with Gasteiger partial charge >= 0.3 is 0 Å². The summed E-state index contributed by atoms with van der Waals surface area (Å²) < 4.78 is 16.7. The molecule has 2 rings (SSSR count). The minimum Gasteiger partial charge on any atom is -0.493 e. The van der Waals surface area contributed by atoms with Crippen LogP contribution in [0.4, 0.5) is 5.69 Å². The average Bonchev–Trinajstić information content (AvgIpc) is 2.63. The van der Waals surface area contributed by atoms with Crippen molar-refractivity contribution in [2.24, 2.45) is 0 Å². The molecule has 0 saturated heterocycles. The Morgan fingerprint density at radius 1 is 1.00 bits per heavy atom. The number of hydrogen-bond donors (Lipinski definition) is 1. The molecule has 0 unspecified atom stereocenters. The number of ether oxygens (including phenoxy) is 3. The molecule has 0 bridgehead atoms. The number of methoxy groups -OCH3 is 1. The highest BCUT2D eigenvalue weighted by molar-refractivity contribution is 5.52. The van der Waals surface area contributed by atoms with E-state index in [1.807, 2.05) is 31.2 Å². The highest BCUT2D eigenvalue weighted by Gasteiger charge is 2.07. The van der Waals surface area contributed by atoms with E-state index in [4.69, 9.17) is 14.2 Å². The summed E-state index contributed by atoms with van der Waals surface area (Å²) in [7, 11) is 1.66. The lowest BCUT2D eigenvalue weighted by molar-refractivity contribution is 0.134. The first kappa shape index (κ1) is 18.1. The summed E-state index contributed by atoms with van der Waals surface area (Å²) in [5, 5.41) is 3.48. The van der Waals surface area contributed by atoms with Gasteiger partial charge in [0.1, 0.15) is 0 Å². The zero-order valence-corrected chi connectivity index (χ0v) is 14.8. The maximum Gasteiger partial charge on any atom is 0.161 e. The fraction of sp³-hybridized carbons (Fsp3) is 0.400. The van der Waals surface area contributed by atoms with Gasteiger partial charge in [-0.3, -0.25) is 0 Å². The lowest BCUT2D eigenvalue weighted by Gasteiger charge is -2.14. The van der Waals surface area contributed by atoms with Crippen LogP contribution in [0.1, 0.15) is 31.4 Å². The molecule has 0 aromatic heterocycles. The Labute approximate surface area is 144 Å². The van der Waals surface area contributed by atoms with Gasteiger partial charge in [-0.2, -0.15) is 0 Å². The van der Waals surface area contributed by atoms with Crippen LogP contribution < -0.4 is 14.8 Å². The summed E-state index contributed by atoms with van der Waals surface area (Å²) in [5.41, 5.74) is 3.40. The second-order valence-corrected chi connectivity index (χ2v) is 5.48. The number of para-hydroxylation sites is 1. The third-order valence-electron chi connectivity index (χ3n) is 3.65. The number of nitrogens with one attached hydrogen (secondary N) is 1. The van der Waals surface area contributed by atoms with Gasteiger partial charge in [-0.25, -0.2) is 0 Å². The smallest absolute Gasteiger partial charge is 0.161 e. The van der Waals surface area contributed by atoms with Gasteiger partial charge in [-0.05, 0) is 37.1 Å². The van der Waals surface area contributed by atoms with Gasteiger partial charge < -0.3 is 19.5 Å². The van der Waals surface area contributed by atoms with Crippen molar-refractivity contribution < 1.29 is 14.2 Å². The topological polar surface area (TPSA) is 39.7 Å². The predicted molar refractivity (Wildman–Crippen MR) is 97.9 cm³/mol. The van der Waals surface area contributed by atoms with Crippen LogP contribution in [-0.2, 0) is 17.9 Å². The molecule has 0 amide bonds. The van der Waals surface area contributed by atoms with E-state index in [0.717, 1.165) is 41.3 Å². The van der Waals surface area contributed by atoms with Crippen LogP contribution in [0.3, 0.4) is 0 Å². The third kappa shape index (κ3) is 5.17. The SMILES string of the molecule is CCCOc1cc(CNc2ccccc2COCC)ccc1OC. The Bertz CT molecular complexity index is 628. The van der Waals surface area contributed by atoms with E-state index in [1.54, 1.807) is 7.11 Å². The number of anilines is 1. The molecule has 0 heterocycles. The van der Waals surface area contributed by atoms with Crippen molar-refractivity contribution in [1.82, 2.24) is 0 Å². The minimum absolute atomic E-state index is 0.618. The summed E-state index contributed by atoms with van der Waals surface area (Å²) in [6, 6.07) is 14.3. The van der Waals surface area contributed by atoms with Crippen molar-refractivity contribution in [1.29, 1.82) is 0 Å². The molecule has 24 heavy (non-hydrogen) atoms. The molecule has 0 fully saturated rings. The minimum atomic E-state index is 0.618. The van der Waals surface area contributed by atoms with Gasteiger partial charge in [0.2, 0.25) is 0 Å². The van der Waals surface area contributed by atoms with E-state index in [1.165, 1.54) is 0 Å². The molecular weight excluding hydrogens is 302 g/mol. The van der Waals surface area contributed by atoms with Crippen LogP contribution in [0.15, 0.2) is 42.5 Å². The molecule has 0 radical (unpaired) electrons. The summed E-state index contributed by atoms with van der Waals surface area (Å²) >= 11 is 0. The third-order valence-corrected chi connectivity index (χ3v) is 3.65. The van der Waals surface area contributed by atoms with Crippen LogP contribution in [0.5, 0.6) is 11.5 Å². The Morgan fingerprint density at radius 3 is 2.58 bits per heavy atom. The van der Waals surface area contributed by atoms with Crippen molar-refractivity contribution in [2.75, 3.05) is 25.6 Å². The van der Waals surface area contributed by atoms with Crippen molar-refractivity contribution in [2.45, 2.75) is 33.4 Å². The van der Waals surface area contributed by atoms with Crippen molar-refractivity contribution in [3.63, 3.8) is 0 Å². The van der Waals surface area contributed by atoms with Crippen LogP contribution in [-0.4, -0.2) is 20.3 Å². The molecule has 4 heteroatoms. The Balaban J connectivity index is 2.06. The van der Waals surface area contributed by atoms with Gasteiger partial charge in [-0.1, -0.05) is 31.2 Å². The van der Waals surface area contributed by atoms with E-state index in [0.29, 0.717) is 19.8 Å². The quantitative estimate of drug-likeness (QED) is 0.690. The molecular formula is C20H27NO3. The highest BCUT2D eigenvalue weighted by Crippen LogP contribution is 2.28. The standard InChI is InChI=1S/C20H27NO3/c1-4-12-24-20-13-16(10-11-19(20)22-3)14-21-18-9-7-6-8-17(18)15-23-5-2/h6-11,13,21H,4-5,12,14-15H2,1-3H3. The van der Waals surface area contributed by atoms with Crippen LogP contribution in [0.25, 0.3) is 0 Å². The zero-order valence-electron chi connectivity index (χ0n) is 14.8. The Kier molecular flexibility index (Phi) is 7.43. The summed E-state index contributed by atoms with van der Waals surface area (Å²) in [5.74, 6) is 1.56. The van der Waals surface area contributed by atoms with Crippen LogP contribution in [0, 0.1) is 0 Å². The molecule has 1 N–H and O–H groups in total. The maximum atomic E-state index is 5.77. The average molecular weight is 329 g/mol. The Hall–Kier alpha value is -2.20. The van der Waals surface area contributed by atoms with E-state index in [2.05, 4.69) is 30.4 Å². The first-order chi connectivity index (χ1) is 11.8. The predicted octanol–water partition coefficient (Wildman–Crippen LogP) is 4.63. The maximum absolute atomic E-state index is 5.77. The molecule has 130 valence electrons. The largest absolute Gasteiger partial charge is 0.493 e. The van der Waals surface area contributed by atoms with Gasteiger partial charge in [0, 0.05) is 24.4 Å². The number of rotatable bonds is 10. The lowest BCUT2D eigenvalue weighted by atomic mass is 10.1. The number of hydrogen-bond acceptors (Lipinski definition) is 4. The zero-order chi connectivity index (χ0) is 17.2. The van der Waals surface area contributed by atoms with Crippen LogP contribution in [0.2, 0.25) is 0 Å². The van der Waals surface area contributed by atoms with Crippen molar-refractivity contribution in [3.8, 4) is 11.5 Å². The Morgan fingerprint density at radius 2 is 1.83 bits per heavy atom. The van der Waals surface area contributed by atoms with Gasteiger partial charge in [0.25, 0.3) is 0 Å². The highest BCUT2D eigenvalue weighted by atomic mass is 16.5. The van der Waals surface area contributed by atoms with E-state index < -0.39 is 0 Å². The molecule has 0 aliphatic carbocycles. The number of benzene rings is 2. The lowest BCUT2D eigenvalue weighted by Crippen LogP contribution is -2.05. The van der Waals surface area contributed by atoms with Gasteiger partial charge in [-0.15, -0.1) is 0 Å². The first-order valence-electron chi connectivity index (χ1n) is 8.47. The molecule has 2 aromatic rings. The van der Waals surface area contributed by atoms with Gasteiger partial charge in [0.15, 0.2) is 11.5 Å². The van der Waals surface area contributed by atoms with Crippen LogP contribution >= 0.6 is 0 Å². The van der Waals surface area contributed by atoms with E-state index in [-0.39, 0.29) is 0 Å². The summed E-state index contributed by atoms with van der Waals surface area (Å²) in [6.45, 7) is 6.83. The van der Waals surface area contributed by atoms with E-state index >= 15 is 0 Å². The van der Waals surface area contributed by atoms with Gasteiger partial charge in [0.05, 0.1) is 20.3 Å². The molecule has 0 aliphatic heterocycles. The fourth-order valence-electron chi connectivity index (χ4n) is 2.38. The molecule has 2 aromatic carbocycles. The molecule has 0 atom stereocenters. The second-order valence-electron chi connectivity index (χ2n) is 5.48. The fourth-order valence-corrected chi connectivity index (χ4v) is 2.38. The normalized spacial score (nSPS) is 10.5. The van der Waals surface area contributed by atoms with Crippen molar-refractivity contribution in [3.05, 3.63) is 53.6 Å². The monoisotopic (exact) mass is 329 g/mol. The molecule has 0 spiro atoms. The summed E-state index contributed by atoms with van der Waals surface area (Å²) in [6.07, 6.45) is 0.969. The molecule has 0 saturated carbocycles. The van der Waals surface area contributed by atoms with E-state index in [9.17, 15) is 0 Å². The van der Waals surface area contributed by atoms with Crippen molar-refractivity contribution >= 4 is 5.69 Å². The summed E-state index contributed by atoms with van der Waals surface area (Å²) in [4.78, 5) is 0. The second kappa shape index (κ2) is 9.83. The molecule has 4 nitrogen and oxygen atoms in total. The molecule has 0 aliphatic rings.